The van der Waals surface area contributed by atoms with E-state index in [9.17, 15) is 9.59 Å². The summed E-state index contributed by atoms with van der Waals surface area (Å²) in [6.45, 7) is 1.55. The maximum absolute atomic E-state index is 13.6. The Bertz CT molecular complexity index is 1660. The van der Waals surface area contributed by atoms with Gasteiger partial charge in [-0.1, -0.05) is 35.9 Å². The number of likely N-dealkylation sites (tertiary alicyclic amines) is 1. The molecular formula is C31H29N7O3. The molecule has 0 spiro atoms. The van der Waals surface area contributed by atoms with Crippen LogP contribution in [0.15, 0.2) is 78.1 Å². The topological polar surface area (TPSA) is 117 Å². The van der Waals surface area contributed by atoms with Crippen LogP contribution in [-0.4, -0.2) is 81.4 Å². The van der Waals surface area contributed by atoms with Crippen molar-refractivity contribution in [2.24, 2.45) is 4.99 Å². The van der Waals surface area contributed by atoms with Crippen LogP contribution in [0.4, 0.5) is 0 Å². The lowest BCUT2D eigenvalue weighted by Crippen LogP contribution is -2.40. The number of methoxy groups -OCH3 is 1. The SMILES string of the molecule is COc1cnc(C2=CN(C)CC=N2)c2[nH]cc(C(=O)C(=O)N3CCC(=C(c4ccccc4)c4cnccn4)CC3)c12. The number of ether oxygens (including phenoxy) is 1. The molecule has 0 unspecified atom stereocenters. The highest BCUT2D eigenvalue weighted by molar-refractivity contribution is 6.45. The number of carbonyl (C=O) groups is 2. The summed E-state index contributed by atoms with van der Waals surface area (Å²) in [5.41, 5.74) is 6.16. The van der Waals surface area contributed by atoms with Crippen LogP contribution in [-0.2, 0) is 4.79 Å². The van der Waals surface area contributed by atoms with E-state index in [-0.39, 0.29) is 5.56 Å². The number of Topliss-reactive ketones (excluding diaryl/α,β-unsaturated/α-hetero) is 1. The van der Waals surface area contributed by atoms with Crippen molar-refractivity contribution in [1.82, 2.24) is 29.7 Å². The molecule has 10 nitrogen and oxygen atoms in total. The van der Waals surface area contributed by atoms with Gasteiger partial charge >= 0.3 is 0 Å². The minimum Gasteiger partial charge on any atom is -0.494 e. The molecule has 2 aliphatic rings. The molecule has 5 heterocycles. The summed E-state index contributed by atoms with van der Waals surface area (Å²) in [6.07, 6.45) is 13.2. The van der Waals surface area contributed by atoms with Gasteiger partial charge < -0.3 is 19.5 Å². The average molecular weight is 548 g/mol. The van der Waals surface area contributed by atoms with E-state index in [4.69, 9.17) is 4.74 Å². The summed E-state index contributed by atoms with van der Waals surface area (Å²) in [4.78, 5) is 51.7. The number of hydrogen-bond donors (Lipinski definition) is 1. The Morgan fingerprint density at radius 3 is 2.54 bits per heavy atom. The normalized spacial score (nSPS) is 15.2. The van der Waals surface area contributed by atoms with Crippen molar-refractivity contribution < 1.29 is 14.3 Å². The lowest BCUT2D eigenvalue weighted by Gasteiger charge is -2.29. The Labute approximate surface area is 237 Å². The molecule has 41 heavy (non-hydrogen) atoms. The number of nitrogens with one attached hydrogen (secondary N) is 1. The van der Waals surface area contributed by atoms with Crippen LogP contribution in [0.3, 0.4) is 0 Å². The number of benzene rings is 1. The first-order valence-electron chi connectivity index (χ1n) is 13.4. The number of rotatable bonds is 6. The number of aromatic nitrogens is 4. The van der Waals surface area contributed by atoms with Crippen molar-refractivity contribution in [2.75, 3.05) is 33.8 Å². The van der Waals surface area contributed by atoms with Gasteiger partial charge in [-0.2, -0.15) is 0 Å². The summed E-state index contributed by atoms with van der Waals surface area (Å²) in [5.74, 6) is -0.717. The van der Waals surface area contributed by atoms with Gasteiger partial charge in [0.25, 0.3) is 11.7 Å². The Hall–Kier alpha value is -5.12. The second kappa shape index (κ2) is 11.2. The largest absolute Gasteiger partial charge is 0.494 e. The number of aromatic amines is 1. The van der Waals surface area contributed by atoms with Crippen molar-refractivity contribution >= 4 is 40.1 Å². The van der Waals surface area contributed by atoms with Gasteiger partial charge in [-0.3, -0.25) is 24.5 Å². The van der Waals surface area contributed by atoms with Crippen molar-refractivity contribution in [3.05, 3.63) is 95.6 Å². The standard InChI is InChI=1S/C31H29N7O3/c1-37-15-12-34-24(19-37)28-29-27(25(41-2)18-36-28)22(16-35-29)30(39)31(40)38-13-8-21(9-14-38)26(20-6-4-3-5-7-20)23-17-32-10-11-33-23/h3-7,10-12,16-19,35H,8-9,13-15H2,1-2H3. The first-order chi connectivity index (χ1) is 20.0. The predicted octanol–water partition coefficient (Wildman–Crippen LogP) is 3.98. The number of fused-ring (bicyclic) bond motifs is 1. The molecule has 1 N–H and O–H groups in total. The zero-order chi connectivity index (χ0) is 28.3. The highest BCUT2D eigenvalue weighted by Gasteiger charge is 2.30. The maximum Gasteiger partial charge on any atom is 0.295 e. The fraction of sp³-hybridized carbons (Fsp3) is 0.226. The molecule has 0 aliphatic carbocycles. The molecule has 2 aliphatic heterocycles. The Kier molecular flexibility index (Phi) is 7.11. The zero-order valence-corrected chi connectivity index (χ0v) is 22.9. The number of aliphatic imine (C=N–C) groups is 1. The monoisotopic (exact) mass is 547 g/mol. The number of carbonyl (C=O) groups excluding carboxylic acids is 2. The van der Waals surface area contributed by atoms with E-state index in [0.29, 0.717) is 60.5 Å². The molecule has 0 atom stereocenters. The molecular weight excluding hydrogens is 518 g/mol. The molecule has 1 amide bonds. The van der Waals surface area contributed by atoms with Crippen LogP contribution in [0.1, 0.15) is 40.2 Å². The van der Waals surface area contributed by atoms with Gasteiger partial charge in [0.1, 0.15) is 17.1 Å². The zero-order valence-electron chi connectivity index (χ0n) is 22.9. The fourth-order valence-corrected chi connectivity index (χ4v) is 5.39. The van der Waals surface area contributed by atoms with Crippen LogP contribution in [0, 0.1) is 0 Å². The van der Waals surface area contributed by atoms with Gasteiger partial charge in [-0.15, -0.1) is 0 Å². The number of hydrogen-bond acceptors (Lipinski definition) is 8. The highest BCUT2D eigenvalue weighted by atomic mass is 16.5. The Morgan fingerprint density at radius 2 is 1.83 bits per heavy atom. The van der Waals surface area contributed by atoms with E-state index in [2.05, 4.69) is 37.1 Å². The van der Waals surface area contributed by atoms with Gasteiger partial charge in [0.05, 0.1) is 48.2 Å². The molecule has 206 valence electrons. The van der Waals surface area contributed by atoms with E-state index < -0.39 is 11.7 Å². The number of ketones is 1. The number of pyridine rings is 1. The molecule has 4 aromatic rings. The van der Waals surface area contributed by atoms with Crippen LogP contribution < -0.4 is 4.74 Å². The van der Waals surface area contributed by atoms with Crippen molar-refractivity contribution in [3.63, 3.8) is 0 Å². The average Bonchev–Trinajstić information content (AvgIpc) is 3.47. The molecule has 6 rings (SSSR count). The highest BCUT2D eigenvalue weighted by Crippen LogP contribution is 2.35. The molecule has 0 radical (unpaired) electrons. The van der Waals surface area contributed by atoms with Crippen LogP contribution >= 0.6 is 0 Å². The Morgan fingerprint density at radius 1 is 1.02 bits per heavy atom. The number of nitrogens with zero attached hydrogens (tertiary/aromatic N) is 6. The van der Waals surface area contributed by atoms with Crippen LogP contribution in [0.5, 0.6) is 5.75 Å². The third-order valence-corrected chi connectivity index (χ3v) is 7.41. The van der Waals surface area contributed by atoms with E-state index >= 15 is 0 Å². The minimum atomic E-state index is -0.588. The first kappa shape index (κ1) is 26.1. The third kappa shape index (κ3) is 5.00. The molecule has 0 bridgehead atoms. The van der Waals surface area contributed by atoms with E-state index in [1.54, 1.807) is 42.1 Å². The number of H-pyrrole nitrogens is 1. The molecule has 3 aromatic heterocycles. The van der Waals surface area contributed by atoms with Crippen molar-refractivity contribution in [3.8, 4) is 5.75 Å². The smallest absolute Gasteiger partial charge is 0.295 e. The van der Waals surface area contributed by atoms with Crippen LogP contribution in [0.25, 0.3) is 22.2 Å². The van der Waals surface area contributed by atoms with Gasteiger partial charge in [0.15, 0.2) is 0 Å². The lowest BCUT2D eigenvalue weighted by atomic mass is 9.91. The summed E-state index contributed by atoms with van der Waals surface area (Å²) < 4.78 is 5.54. The van der Waals surface area contributed by atoms with Crippen LogP contribution in [0.2, 0.25) is 0 Å². The third-order valence-electron chi connectivity index (χ3n) is 7.41. The fourth-order valence-electron chi connectivity index (χ4n) is 5.39. The van der Waals surface area contributed by atoms with E-state index in [1.807, 2.05) is 36.3 Å². The second-order valence-electron chi connectivity index (χ2n) is 9.95. The second-order valence-corrected chi connectivity index (χ2v) is 9.95. The van der Waals surface area contributed by atoms with E-state index in [1.165, 1.54) is 12.7 Å². The molecule has 1 fully saturated rings. The molecule has 10 heteroatoms. The van der Waals surface area contributed by atoms with Crippen molar-refractivity contribution in [2.45, 2.75) is 12.8 Å². The number of amides is 1. The van der Waals surface area contributed by atoms with Gasteiger partial charge in [0.2, 0.25) is 0 Å². The quantitative estimate of drug-likeness (QED) is 0.287. The van der Waals surface area contributed by atoms with Gasteiger partial charge in [-0.05, 0) is 18.4 Å². The predicted molar refractivity (Wildman–Crippen MR) is 156 cm³/mol. The Balaban J connectivity index is 1.28. The maximum atomic E-state index is 13.6. The van der Waals surface area contributed by atoms with Gasteiger partial charge in [-0.25, -0.2) is 4.98 Å². The summed E-state index contributed by atoms with van der Waals surface area (Å²) in [5, 5.41) is 0.520. The summed E-state index contributed by atoms with van der Waals surface area (Å²) >= 11 is 0. The summed E-state index contributed by atoms with van der Waals surface area (Å²) in [7, 11) is 3.47. The first-order valence-corrected chi connectivity index (χ1v) is 13.4. The molecule has 1 saturated heterocycles. The van der Waals surface area contributed by atoms with E-state index in [0.717, 1.165) is 16.8 Å². The molecule has 1 aromatic carbocycles. The molecule has 0 saturated carbocycles. The van der Waals surface area contributed by atoms with Crippen molar-refractivity contribution in [1.29, 1.82) is 0 Å². The summed E-state index contributed by atoms with van der Waals surface area (Å²) in [6, 6.07) is 10.1. The minimum absolute atomic E-state index is 0.255. The number of piperidine rings is 1. The van der Waals surface area contributed by atoms with Gasteiger partial charge in [0, 0.05) is 56.7 Å². The lowest BCUT2D eigenvalue weighted by molar-refractivity contribution is -0.126.